The van der Waals surface area contributed by atoms with Crippen LogP contribution in [0.5, 0.6) is 0 Å². The van der Waals surface area contributed by atoms with Gasteiger partial charge in [0.15, 0.2) is 0 Å². The Morgan fingerprint density at radius 3 is 2.25 bits per heavy atom. The molecule has 1 aromatic heterocycles. The summed E-state index contributed by atoms with van der Waals surface area (Å²) < 4.78 is 5.54. The number of hydrogen-bond donors (Lipinski definition) is 1. The number of rotatable bonds is 2. The molecule has 0 saturated carbocycles. The zero-order valence-corrected chi connectivity index (χ0v) is 8.14. The maximum absolute atomic E-state index is 9.10. The van der Waals surface area contributed by atoms with Gasteiger partial charge in [0.25, 0.3) is 0 Å². The Labute approximate surface area is 73.2 Å². The maximum Gasteiger partial charge on any atom is 0.112 e. The molecule has 0 atom stereocenters. The van der Waals surface area contributed by atoms with Gasteiger partial charge in [-0.3, -0.25) is 0 Å². The van der Waals surface area contributed by atoms with Crippen molar-refractivity contribution >= 4 is 0 Å². The number of aliphatic hydroxyl groups is 1. The van der Waals surface area contributed by atoms with E-state index in [0.717, 1.165) is 22.6 Å². The highest BCUT2D eigenvalue weighted by Crippen LogP contribution is 2.27. The molecular weight excluding hydrogens is 152 g/mol. The Morgan fingerprint density at radius 1 is 1.33 bits per heavy atom. The van der Waals surface area contributed by atoms with Gasteiger partial charge in [-0.05, 0) is 19.4 Å². The van der Waals surface area contributed by atoms with E-state index in [1.54, 1.807) is 0 Å². The van der Waals surface area contributed by atoms with Crippen LogP contribution in [0.2, 0.25) is 0 Å². The first-order chi connectivity index (χ1) is 5.57. The summed E-state index contributed by atoms with van der Waals surface area (Å²) in [6.07, 6.45) is 0. The molecule has 68 valence electrons. The molecule has 0 radical (unpaired) electrons. The third kappa shape index (κ3) is 1.39. The monoisotopic (exact) mass is 168 g/mol. The van der Waals surface area contributed by atoms with Crippen molar-refractivity contribution in [1.82, 2.24) is 0 Å². The van der Waals surface area contributed by atoms with Crippen molar-refractivity contribution in [2.75, 3.05) is 0 Å². The van der Waals surface area contributed by atoms with Gasteiger partial charge in [-0.2, -0.15) is 0 Å². The van der Waals surface area contributed by atoms with E-state index in [4.69, 9.17) is 9.52 Å². The lowest BCUT2D eigenvalue weighted by molar-refractivity contribution is 0.276. The standard InChI is InChI=1S/C10H16O2/c1-6(2)10-9(5-11)7(3)8(4)12-10/h6,11H,5H2,1-4H3. The van der Waals surface area contributed by atoms with Crippen LogP contribution < -0.4 is 0 Å². The van der Waals surface area contributed by atoms with Gasteiger partial charge in [0.05, 0.1) is 6.61 Å². The Bertz CT molecular complexity index is 272. The molecule has 0 aromatic carbocycles. The van der Waals surface area contributed by atoms with Gasteiger partial charge in [0.2, 0.25) is 0 Å². The number of furan rings is 1. The third-order valence-corrected chi connectivity index (χ3v) is 2.22. The molecule has 0 unspecified atom stereocenters. The summed E-state index contributed by atoms with van der Waals surface area (Å²) in [5, 5.41) is 9.10. The average molecular weight is 168 g/mol. The highest BCUT2D eigenvalue weighted by molar-refractivity contribution is 5.32. The van der Waals surface area contributed by atoms with Crippen LogP contribution >= 0.6 is 0 Å². The van der Waals surface area contributed by atoms with Crippen LogP contribution in [0.3, 0.4) is 0 Å². The maximum atomic E-state index is 9.10. The minimum Gasteiger partial charge on any atom is -0.465 e. The topological polar surface area (TPSA) is 33.4 Å². The number of aliphatic hydroxyl groups excluding tert-OH is 1. The fraction of sp³-hybridized carbons (Fsp3) is 0.600. The molecule has 0 bridgehead atoms. The van der Waals surface area contributed by atoms with Crippen molar-refractivity contribution in [3.63, 3.8) is 0 Å². The molecule has 0 amide bonds. The molecule has 1 N–H and O–H groups in total. The molecule has 2 nitrogen and oxygen atoms in total. The third-order valence-electron chi connectivity index (χ3n) is 2.22. The van der Waals surface area contributed by atoms with Crippen molar-refractivity contribution in [1.29, 1.82) is 0 Å². The van der Waals surface area contributed by atoms with Crippen LogP contribution in [0.25, 0.3) is 0 Å². The molecule has 0 saturated heterocycles. The van der Waals surface area contributed by atoms with E-state index >= 15 is 0 Å². The number of aryl methyl sites for hydroxylation is 1. The highest BCUT2D eigenvalue weighted by Gasteiger charge is 2.15. The Balaban J connectivity index is 3.20. The molecule has 0 fully saturated rings. The highest BCUT2D eigenvalue weighted by atomic mass is 16.3. The van der Waals surface area contributed by atoms with Crippen LogP contribution in [-0.4, -0.2) is 5.11 Å². The van der Waals surface area contributed by atoms with E-state index in [-0.39, 0.29) is 6.61 Å². The molecule has 2 heteroatoms. The SMILES string of the molecule is Cc1oc(C(C)C)c(CO)c1C. The molecule has 1 aromatic rings. The van der Waals surface area contributed by atoms with Crippen LogP contribution in [0.15, 0.2) is 4.42 Å². The molecule has 1 heterocycles. The van der Waals surface area contributed by atoms with E-state index in [2.05, 4.69) is 13.8 Å². The van der Waals surface area contributed by atoms with Crippen molar-refractivity contribution in [3.8, 4) is 0 Å². The lowest BCUT2D eigenvalue weighted by Crippen LogP contribution is -1.92. The van der Waals surface area contributed by atoms with E-state index in [1.807, 2.05) is 13.8 Å². The van der Waals surface area contributed by atoms with Crippen LogP contribution in [-0.2, 0) is 6.61 Å². The molecule has 0 aliphatic rings. The summed E-state index contributed by atoms with van der Waals surface area (Å²) >= 11 is 0. The summed E-state index contributed by atoms with van der Waals surface area (Å²) in [4.78, 5) is 0. The van der Waals surface area contributed by atoms with E-state index < -0.39 is 0 Å². The largest absolute Gasteiger partial charge is 0.465 e. The molecule has 0 aliphatic carbocycles. The van der Waals surface area contributed by atoms with Crippen molar-refractivity contribution < 1.29 is 9.52 Å². The zero-order valence-electron chi connectivity index (χ0n) is 8.14. The van der Waals surface area contributed by atoms with Crippen LogP contribution in [0, 0.1) is 13.8 Å². The van der Waals surface area contributed by atoms with Crippen molar-refractivity contribution in [2.24, 2.45) is 0 Å². The first kappa shape index (κ1) is 9.33. The normalized spacial score (nSPS) is 11.2. The van der Waals surface area contributed by atoms with Gasteiger partial charge in [-0.25, -0.2) is 0 Å². The lowest BCUT2D eigenvalue weighted by Gasteiger charge is -2.02. The fourth-order valence-electron chi connectivity index (χ4n) is 1.36. The predicted octanol–water partition coefficient (Wildman–Crippen LogP) is 2.51. The van der Waals surface area contributed by atoms with Crippen LogP contribution in [0.1, 0.15) is 42.4 Å². The summed E-state index contributed by atoms with van der Waals surface area (Å²) in [7, 11) is 0. The van der Waals surface area contributed by atoms with Gasteiger partial charge in [-0.15, -0.1) is 0 Å². The van der Waals surface area contributed by atoms with Crippen LogP contribution in [0.4, 0.5) is 0 Å². The molecular formula is C10H16O2. The lowest BCUT2D eigenvalue weighted by atomic mass is 10.0. The van der Waals surface area contributed by atoms with Crippen molar-refractivity contribution in [3.05, 3.63) is 22.6 Å². The second kappa shape index (κ2) is 3.31. The zero-order chi connectivity index (χ0) is 9.30. The Morgan fingerprint density at radius 2 is 1.92 bits per heavy atom. The van der Waals surface area contributed by atoms with Crippen molar-refractivity contribution in [2.45, 2.75) is 40.2 Å². The summed E-state index contributed by atoms with van der Waals surface area (Å²) in [5.41, 5.74) is 2.05. The predicted molar refractivity (Wildman–Crippen MR) is 48.2 cm³/mol. The second-order valence-electron chi connectivity index (χ2n) is 3.44. The van der Waals surface area contributed by atoms with E-state index in [1.165, 1.54) is 0 Å². The number of hydrogen-bond acceptors (Lipinski definition) is 2. The Hall–Kier alpha value is -0.760. The molecule has 0 spiro atoms. The quantitative estimate of drug-likeness (QED) is 0.736. The minimum absolute atomic E-state index is 0.0800. The molecule has 12 heavy (non-hydrogen) atoms. The summed E-state index contributed by atoms with van der Waals surface area (Å²) in [6, 6.07) is 0. The first-order valence-electron chi connectivity index (χ1n) is 4.27. The first-order valence-corrected chi connectivity index (χ1v) is 4.27. The summed E-state index contributed by atoms with van der Waals surface area (Å²) in [5.74, 6) is 2.19. The fourth-order valence-corrected chi connectivity index (χ4v) is 1.36. The van der Waals surface area contributed by atoms with Gasteiger partial charge in [0, 0.05) is 11.5 Å². The summed E-state index contributed by atoms with van der Waals surface area (Å²) in [6.45, 7) is 8.13. The van der Waals surface area contributed by atoms with E-state index in [9.17, 15) is 0 Å². The molecule has 1 rings (SSSR count). The smallest absolute Gasteiger partial charge is 0.112 e. The van der Waals surface area contributed by atoms with Gasteiger partial charge in [0.1, 0.15) is 11.5 Å². The Kier molecular flexibility index (Phi) is 2.58. The van der Waals surface area contributed by atoms with Gasteiger partial charge in [-0.1, -0.05) is 13.8 Å². The molecule has 0 aliphatic heterocycles. The van der Waals surface area contributed by atoms with E-state index in [0.29, 0.717) is 5.92 Å². The van der Waals surface area contributed by atoms with Gasteiger partial charge >= 0.3 is 0 Å². The minimum atomic E-state index is 0.0800. The average Bonchev–Trinajstić information content (AvgIpc) is 2.29. The second-order valence-corrected chi connectivity index (χ2v) is 3.44. The van der Waals surface area contributed by atoms with Gasteiger partial charge < -0.3 is 9.52 Å².